The van der Waals surface area contributed by atoms with Crippen LogP contribution in [-0.2, 0) is 4.79 Å². The first kappa shape index (κ1) is 15.3. The molecule has 0 saturated carbocycles. The predicted octanol–water partition coefficient (Wildman–Crippen LogP) is 1.88. The van der Waals surface area contributed by atoms with Crippen molar-refractivity contribution in [2.45, 2.75) is 18.9 Å². The lowest BCUT2D eigenvalue weighted by Gasteiger charge is -2.32. The van der Waals surface area contributed by atoms with E-state index in [1.807, 2.05) is 30.3 Å². The zero-order valence-electron chi connectivity index (χ0n) is 13.5. The van der Waals surface area contributed by atoms with Crippen molar-refractivity contribution < 1.29 is 9.59 Å². The van der Waals surface area contributed by atoms with Gasteiger partial charge in [-0.25, -0.2) is 0 Å². The van der Waals surface area contributed by atoms with E-state index < -0.39 is 6.04 Å². The molecule has 2 heterocycles. The molecule has 2 amide bonds. The molecule has 3 aromatic rings. The van der Waals surface area contributed by atoms with Crippen LogP contribution in [0, 0.1) is 0 Å². The summed E-state index contributed by atoms with van der Waals surface area (Å²) >= 11 is 0. The Balaban J connectivity index is 1.51. The number of aromatic amines is 1. The van der Waals surface area contributed by atoms with Crippen molar-refractivity contribution in [3.8, 4) is 0 Å². The first-order chi connectivity index (χ1) is 12.2. The maximum Gasteiger partial charge on any atom is 0.252 e. The zero-order chi connectivity index (χ0) is 17.2. The molecule has 0 bridgehead atoms. The van der Waals surface area contributed by atoms with E-state index in [0.717, 1.165) is 12.1 Å². The molecule has 0 aliphatic carbocycles. The molecule has 0 spiro atoms. The highest BCUT2D eigenvalue weighted by molar-refractivity contribution is 6.03. The first-order valence-electron chi connectivity index (χ1n) is 8.20. The number of rotatable bonds is 3. The fourth-order valence-electron chi connectivity index (χ4n) is 3.10. The van der Waals surface area contributed by atoms with Gasteiger partial charge < -0.3 is 10.2 Å². The quantitative estimate of drug-likeness (QED) is 0.764. The summed E-state index contributed by atoms with van der Waals surface area (Å²) in [6.07, 6.45) is 1.48. The average molecular weight is 335 g/mol. The van der Waals surface area contributed by atoms with Crippen molar-refractivity contribution in [2.75, 3.05) is 11.4 Å². The number of hydrogen-bond donors (Lipinski definition) is 2. The number of benzene rings is 2. The van der Waals surface area contributed by atoms with Gasteiger partial charge in [-0.15, -0.1) is 0 Å². The monoisotopic (exact) mass is 335 g/mol. The van der Waals surface area contributed by atoms with Crippen LogP contribution in [0.1, 0.15) is 23.2 Å². The third kappa shape index (κ3) is 2.96. The number of aromatic nitrogens is 3. The van der Waals surface area contributed by atoms with Crippen LogP contribution in [0.25, 0.3) is 11.0 Å². The maximum absolute atomic E-state index is 12.7. The number of nitrogens with one attached hydrogen (secondary N) is 2. The highest BCUT2D eigenvalue weighted by atomic mass is 16.2. The number of carbonyl (C=O) groups is 2. The number of H-pyrrole nitrogens is 1. The molecule has 1 aromatic heterocycles. The molecule has 1 aliphatic rings. The summed E-state index contributed by atoms with van der Waals surface area (Å²) in [5, 5.41) is 13.3. The Labute approximate surface area is 144 Å². The Kier molecular flexibility index (Phi) is 3.89. The van der Waals surface area contributed by atoms with Crippen LogP contribution in [0.15, 0.2) is 48.5 Å². The second-order valence-electron chi connectivity index (χ2n) is 6.02. The number of anilines is 1. The smallest absolute Gasteiger partial charge is 0.252 e. The molecule has 2 N–H and O–H groups in total. The summed E-state index contributed by atoms with van der Waals surface area (Å²) in [7, 11) is 0. The van der Waals surface area contributed by atoms with E-state index in [9.17, 15) is 9.59 Å². The second-order valence-corrected chi connectivity index (χ2v) is 6.02. The molecule has 1 saturated heterocycles. The van der Waals surface area contributed by atoms with Crippen molar-refractivity contribution >= 4 is 28.5 Å². The van der Waals surface area contributed by atoms with Crippen molar-refractivity contribution in [1.29, 1.82) is 0 Å². The highest BCUT2D eigenvalue weighted by Gasteiger charge is 2.30. The second kappa shape index (κ2) is 6.35. The van der Waals surface area contributed by atoms with Crippen LogP contribution in [0.5, 0.6) is 0 Å². The Morgan fingerprint density at radius 2 is 1.92 bits per heavy atom. The van der Waals surface area contributed by atoms with Gasteiger partial charge in [0, 0.05) is 17.8 Å². The Hall–Kier alpha value is -3.22. The molecule has 126 valence electrons. The van der Waals surface area contributed by atoms with Crippen molar-refractivity contribution in [3.63, 3.8) is 0 Å². The highest BCUT2D eigenvalue weighted by Crippen LogP contribution is 2.21. The lowest BCUT2D eigenvalue weighted by Crippen LogP contribution is -2.52. The van der Waals surface area contributed by atoms with Gasteiger partial charge in [-0.3, -0.25) is 9.59 Å². The molecule has 2 aromatic carbocycles. The fourth-order valence-corrected chi connectivity index (χ4v) is 3.10. The van der Waals surface area contributed by atoms with Gasteiger partial charge in [0.25, 0.3) is 5.91 Å². The molecule has 7 heteroatoms. The van der Waals surface area contributed by atoms with Crippen molar-refractivity contribution in [2.24, 2.45) is 0 Å². The predicted molar refractivity (Wildman–Crippen MR) is 93.2 cm³/mol. The summed E-state index contributed by atoms with van der Waals surface area (Å²) in [5.41, 5.74) is 2.63. The number of amides is 2. The van der Waals surface area contributed by atoms with Crippen LogP contribution in [0.3, 0.4) is 0 Å². The van der Waals surface area contributed by atoms with Gasteiger partial charge in [0.05, 0.1) is 0 Å². The van der Waals surface area contributed by atoms with Crippen molar-refractivity contribution in [3.05, 3.63) is 54.1 Å². The standard InChI is InChI=1S/C18H17N5O2/c24-17(12-8-9-14-16(11-12)21-22-20-14)19-15-7-4-10-23(18(15)25)13-5-2-1-3-6-13/h1-3,5-6,8-9,11,15H,4,7,10H2,(H,19,24)(H,20,21,22). The minimum Gasteiger partial charge on any atom is -0.340 e. The molecule has 25 heavy (non-hydrogen) atoms. The molecular formula is C18H17N5O2. The lowest BCUT2D eigenvalue weighted by molar-refractivity contribution is -0.121. The van der Waals surface area contributed by atoms with E-state index in [2.05, 4.69) is 20.7 Å². The molecule has 7 nitrogen and oxygen atoms in total. The van der Waals surface area contributed by atoms with Gasteiger partial charge in [-0.05, 0) is 43.2 Å². The third-order valence-corrected chi connectivity index (χ3v) is 4.39. The Morgan fingerprint density at radius 3 is 2.76 bits per heavy atom. The normalized spacial score (nSPS) is 17.7. The minimum atomic E-state index is -0.519. The summed E-state index contributed by atoms with van der Waals surface area (Å²) in [4.78, 5) is 27.0. The molecule has 1 unspecified atom stereocenters. The molecule has 4 rings (SSSR count). The SMILES string of the molecule is O=C(NC1CCCN(c2ccccc2)C1=O)c1ccc2n[nH]nc2c1. The molecule has 1 fully saturated rings. The van der Waals surface area contributed by atoms with Gasteiger partial charge in [0.15, 0.2) is 0 Å². The fraction of sp³-hybridized carbons (Fsp3) is 0.222. The zero-order valence-corrected chi connectivity index (χ0v) is 13.5. The van der Waals surface area contributed by atoms with Crippen LogP contribution in [0.2, 0.25) is 0 Å². The van der Waals surface area contributed by atoms with Crippen LogP contribution >= 0.6 is 0 Å². The topological polar surface area (TPSA) is 91.0 Å². The number of nitrogens with zero attached hydrogens (tertiary/aromatic N) is 3. The summed E-state index contributed by atoms with van der Waals surface area (Å²) in [6.45, 7) is 0.667. The molecule has 1 atom stereocenters. The van der Waals surface area contributed by atoms with Gasteiger partial charge in [-0.1, -0.05) is 18.2 Å². The Morgan fingerprint density at radius 1 is 1.12 bits per heavy atom. The van der Waals surface area contributed by atoms with E-state index >= 15 is 0 Å². The van der Waals surface area contributed by atoms with Crippen LogP contribution in [-0.4, -0.2) is 39.8 Å². The maximum atomic E-state index is 12.7. The minimum absolute atomic E-state index is 0.0756. The van der Waals surface area contributed by atoms with E-state index in [1.165, 1.54) is 0 Å². The summed E-state index contributed by atoms with van der Waals surface area (Å²) < 4.78 is 0. The first-order valence-corrected chi connectivity index (χ1v) is 8.20. The third-order valence-electron chi connectivity index (χ3n) is 4.39. The van der Waals surface area contributed by atoms with E-state index in [0.29, 0.717) is 29.6 Å². The largest absolute Gasteiger partial charge is 0.340 e. The van der Waals surface area contributed by atoms with E-state index in [4.69, 9.17) is 0 Å². The van der Waals surface area contributed by atoms with Crippen molar-refractivity contribution in [1.82, 2.24) is 20.7 Å². The van der Waals surface area contributed by atoms with E-state index in [-0.39, 0.29) is 11.8 Å². The van der Waals surface area contributed by atoms with E-state index in [1.54, 1.807) is 23.1 Å². The van der Waals surface area contributed by atoms with Gasteiger partial charge in [-0.2, -0.15) is 15.4 Å². The number of fused-ring (bicyclic) bond motifs is 1. The Bertz CT molecular complexity index is 921. The van der Waals surface area contributed by atoms with Gasteiger partial charge in [0.1, 0.15) is 17.1 Å². The summed E-state index contributed by atoms with van der Waals surface area (Å²) in [6, 6.07) is 14.1. The molecule has 0 radical (unpaired) electrons. The van der Waals surface area contributed by atoms with Gasteiger partial charge in [0.2, 0.25) is 5.91 Å². The molecule has 1 aliphatic heterocycles. The summed E-state index contributed by atoms with van der Waals surface area (Å²) in [5.74, 6) is -0.355. The number of carbonyl (C=O) groups excluding carboxylic acids is 2. The average Bonchev–Trinajstić information content (AvgIpc) is 3.12. The van der Waals surface area contributed by atoms with Crippen LogP contribution < -0.4 is 10.2 Å². The lowest BCUT2D eigenvalue weighted by atomic mass is 10.0. The van der Waals surface area contributed by atoms with Gasteiger partial charge >= 0.3 is 0 Å². The number of para-hydroxylation sites is 1. The van der Waals surface area contributed by atoms with Crippen LogP contribution in [0.4, 0.5) is 5.69 Å². The molecular weight excluding hydrogens is 318 g/mol. The number of hydrogen-bond acceptors (Lipinski definition) is 4. The number of piperidine rings is 1.